The Bertz CT molecular complexity index is 4240. The Balaban J connectivity index is 0.000000170. The molecule has 96 heavy (non-hydrogen) atoms. The first-order chi connectivity index (χ1) is 46.5. The molecule has 0 atom stereocenters. The SMILES string of the molecule is CC(=N)c1ccc(C(=O)Cc2ccccc2C(=O)Nc2ccc(Br)cn2)cc1.N=C(c1ccc(C(=O)Cc2ccccc2C(=O)Nc2ccc(Br)cn2)cc1)N1CCCCCCC1.N=C(c1ccc(C(=O)Cc2ccccc2C(=O)Nc2ccc(Br)cn2)cc1)N1CCSCC1. The molecule has 6 N–H and O–H groups in total. The maximum absolute atomic E-state index is 13.0. The van der Waals surface area contributed by atoms with E-state index in [4.69, 9.17) is 16.2 Å². The van der Waals surface area contributed by atoms with Gasteiger partial charge in [-0.15, -0.1) is 0 Å². The number of carbonyl (C=O) groups is 6. The average Bonchev–Trinajstić information content (AvgIpc) is 1.18. The van der Waals surface area contributed by atoms with Crippen molar-refractivity contribution in [1.82, 2.24) is 24.8 Å². The van der Waals surface area contributed by atoms with Gasteiger partial charge in [-0.25, -0.2) is 15.0 Å². The van der Waals surface area contributed by atoms with Gasteiger partial charge in [0.15, 0.2) is 17.3 Å². The summed E-state index contributed by atoms with van der Waals surface area (Å²) in [4.78, 5) is 93.7. The fraction of sp³-hybridized carbons (Fsp3) is 0.200. The summed E-state index contributed by atoms with van der Waals surface area (Å²) in [7, 11) is 0. The summed E-state index contributed by atoms with van der Waals surface area (Å²) in [5, 5.41) is 33.0. The number of amides is 3. The number of thioether (sulfide) groups is 1. The Hall–Kier alpha value is -9.41. The second-order valence-corrected chi connectivity index (χ2v) is 26.6. The van der Waals surface area contributed by atoms with Crippen LogP contribution < -0.4 is 16.0 Å². The first-order valence-electron chi connectivity index (χ1n) is 31.2. The quantitative estimate of drug-likeness (QED) is 0.0266. The number of pyridine rings is 3. The fourth-order valence-electron chi connectivity index (χ4n) is 10.6. The van der Waals surface area contributed by atoms with Crippen LogP contribution >= 0.6 is 59.6 Å². The summed E-state index contributed by atoms with van der Waals surface area (Å²) >= 11 is 11.9. The molecule has 3 aromatic heterocycles. The minimum Gasteiger partial charge on any atom is -0.357 e. The molecule has 3 amide bonds. The highest BCUT2D eigenvalue weighted by atomic mass is 79.9. The van der Waals surface area contributed by atoms with E-state index in [0.29, 0.717) is 84.9 Å². The lowest BCUT2D eigenvalue weighted by atomic mass is 9.97. The van der Waals surface area contributed by atoms with E-state index in [0.717, 1.165) is 80.6 Å². The van der Waals surface area contributed by atoms with Crippen molar-refractivity contribution in [2.45, 2.75) is 58.3 Å². The number of carbonyl (C=O) groups excluding carboxylic acids is 6. The number of halogens is 3. The van der Waals surface area contributed by atoms with Crippen molar-refractivity contribution in [1.29, 1.82) is 16.2 Å². The van der Waals surface area contributed by atoms with E-state index in [1.54, 1.807) is 171 Å². The number of nitrogens with zero attached hydrogens (tertiary/aromatic N) is 5. The van der Waals surface area contributed by atoms with E-state index < -0.39 is 0 Å². The summed E-state index contributed by atoms with van der Waals surface area (Å²) in [6.45, 7) is 5.27. The number of aromatic nitrogens is 3. The highest BCUT2D eigenvalue weighted by Crippen LogP contribution is 2.23. The monoisotopic (exact) mass is 1490 g/mol. The predicted octanol–water partition coefficient (Wildman–Crippen LogP) is 15.9. The number of Topliss-reactive ketones (excluding diaryl/α,β-unsaturated/α-hetero) is 3. The molecule has 5 heterocycles. The summed E-state index contributed by atoms with van der Waals surface area (Å²) in [6.07, 6.45) is 11.1. The van der Waals surface area contributed by atoms with Crippen molar-refractivity contribution in [3.05, 3.63) is 281 Å². The number of benzene rings is 6. The Labute approximate surface area is 587 Å². The molecule has 2 aliphatic heterocycles. The second kappa shape index (κ2) is 35.4. The molecule has 0 radical (unpaired) electrons. The molecule has 0 spiro atoms. The van der Waals surface area contributed by atoms with Crippen LogP contribution in [0, 0.1) is 16.2 Å². The molecule has 488 valence electrons. The molecule has 2 aliphatic rings. The number of hydrogen-bond acceptors (Lipinski definition) is 13. The Morgan fingerprint density at radius 2 is 0.677 bits per heavy atom. The van der Waals surface area contributed by atoms with Crippen LogP contribution in [0.5, 0.6) is 0 Å². The Kier molecular flexibility index (Phi) is 26.1. The number of ketones is 3. The van der Waals surface area contributed by atoms with Crippen LogP contribution in [-0.2, 0) is 19.3 Å². The molecule has 9 aromatic rings. The number of likely N-dealkylation sites (tertiary alicyclic amines) is 1. The normalized spacial score (nSPS) is 12.8. The lowest BCUT2D eigenvalue weighted by molar-refractivity contribution is 0.0980. The molecule has 0 saturated carbocycles. The van der Waals surface area contributed by atoms with Gasteiger partial charge in [0.2, 0.25) is 0 Å². The van der Waals surface area contributed by atoms with Crippen molar-refractivity contribution in [3.63, 3.8) is 0 Å². The smallest absolute Gasteiger partial charge is 0.257 e. The third kappa shape index (κ3) is 20.6. The largest absolute Gasteiger partial charge is 0.357 e. The topological polar surface area (TPSA) is 255 Å². The standard InChI is InChI=1S/C28H29BrN4O2.C25H23BrN4O2S.C22H18BrN3O2/c29-23-14-15-26(31-19-23)32-28(35)24-9-5-4-8-22(24)18-25(34)20-10-12-21(13-11-20)27(30)33-16-6-2-1-3-7-17-33;26-20-9-10-23(28-16-20)29-25(32)21-4-2-1-3-19(21)15-22(31)17-5-7-18(8-6-17)24(27)30-11-13-33-14-12-30;1-14(24)15-6-8-16(9-7-15)20(27)12-17-4-2-3-5-19(17)22(28)26-21-11-10-18(23)13-25-21/h4-5,8-15,19,30H,1-3,6-7,16-18H2,(H,31,32,35);1-10,16,27H,11-15H2,(H,28,29,32);2-11,13,24H,12H2,1H3,(H,25,26,28). The molecule has 6 aromatic carbocycles. The molecule has 2 saturated heterocycles. The molecule has 0 aliphatic carbocycles. The van der Waals surface area contributed by atoms with Crippen molar-refractivity contribution in [3.8, 4) is 0 Å². The van der Waals surface area contributed by atoms with E-state index in [2.05, 4.69) is 88.5 Å². The van der Waals surface area contributed by atoms with Crippen molar-refractivity contribution >= 4 is 129 Å². The fourth-order valence-corrected chi connectivity index (χ4v) is 12.2. The number of anilines is 3. The summed E-state index contributed by atoms with van der Waals surface area (Å²) in [6, 6.07) is 53.1. The van der Waals surface area contributed by atoms with Gasteiger partial charge in [0.1, 0.15) is 29.1 Å². The van der Waals surface area contributed by atoms with Gasteiger partial charge in [-0.1, -0.05) is 147 Å². The van der Waals surface area contributed by atoms with E-state index in [9.17, 15) is 28.8 Å². The van der Waals surface area contributed by atoms with Crippen LogP contribution in [0.25, 0.3) is 0 Å². The molecule has 0 bridgehead atoms. The highest BCUT2D eigenvalue weighted by Gasteiger charge is 2.22. The van der Waals surface area contributed by atoms with Crippen LogP contribution in [0.15, 0.2) is 214 Å². The summed E-state index contributed by atoms with van der Waals surface area (Å²) in [5.41, 5.74) is 7.81. The Morgan fingerprint density at radius 1 is 0.385 bits per heavy atom. The van der Waals surface area contributed by atoms with Crippen LogP contribution in [-0.4, -0.2) is 115 Å². The van der Waals surface area contributed by atoms with Crippen LogP contribution in [0.2, 0.25) is 0 Å². The molecular weight excluding hydrogens is 1420 g/mol. The third-order valence-electron chi connectivity index (χ3n) is 15.8. The average molecular weight is 1490 g/mol. The molecule has 0 unspecified atom stereocenters. The minimum absolute atomic E-state index is 0.0728. The number of hydrogen-bond donors (Lipinski definition) is 6. The van der Waals surface area contributed by atoms with Crippen molar-refractivity contribution in [2.24, 2.45) is 0 Å². The lowest BCUT2D eigenvalue weighted by Gasteiger charge is -2.28. The molecule has 17 nitrogen and oxygen atoms in total. The van der Waals surface area contributed by atoms with Crippen LogP contribution in [0.4, 0.5) is 17.5 Å². The molecule has 2 fully saturated rings. The van der Waals surface area contributed by atoms with Gasteiger partial charge in [0, 0.05) is 139 Å². The first kappa shape index (κ1) is 70.9. The predicted molar refractivity (Wildman–Crippen MR) is 392 cm³/mol. The van der Waals surface area contributed by atoms with E-state index in [1.807, 2.05) is 48.2 Å². The van der Waals surface area contributed by atoms with Gasteiger partial charge >= 0.3 is 0 Å². The lowest BCUT2D eigenvalue weighted by Crippen LogP contribution is -2.37. The van der Waals surface area contributed by atoms with Gasteiger partial charge < -0.3 is 31.2 Å². The van der Waals surface area contributed by atoms with Crippen molar-refractivity contribution < 1.29 is 28.8 Å². The van der Waals surface area contributed by atoms with Gasteiger partial charge in [-0.05, 0) is 144 Å². The van der Waals surface area contributed by atoms with Gasteiger partial charge in [0.25, 0.3) is 17.7 Å². The van der Waals surface area contributed by atoms with Crippen molar-refractivity contribution in [2.75, 3.05) is 53.6 Å². The van der Waals surface area contributed by atoms with Crippen LogP contribution in [0.3, 0.4) is 0 Å². The zero-order valence-electron chi connectivity index (χ0n) is 52.7. The van der Waals surface area contributed by atoms with E-state index in [-0.39, 0.29) is 54.3 Å². The zero-order chi connectivity index (χ0) is 67.9. The van der Waals surface area contributed by atoms with Gasteiger partial charge in [-0.3, -0.25) is 39.6 Å². The van der Waals surface area contributed by atoms with Gasteiger partial charge in [0.05, 0.1) is 0 Å². The van der Waals surface area contributed by atoms with Crippen LogP contribution in [0.1, 0.15) is 135 Å². The van der Waals surface area contributed by atoms with Gasteiger partial charge in [-0.2, -0.15) is 11.8 Å². The minimum atomic E-state index is -0.312. The van der Waals surface area contributed by atoms with E-state index >= 15 is 0 Å². The maximum Gasteiger partial charge on any atom is 0.257 e. The second-order valence-electron chi connectivity index (χ2n) is 22.6. The third-order valence-corrected chi connectivity index (χ3v) is 18.2. The number of nitrogens with one attached hydrogen (secondary N) is 6. The molecular formula is C75H70Br3N11O6S. The molecule has 21 heteroatoms. The molecule has 11 rings (SSSR count). The summed E-state index contributed by atoms with van der Waals surface area (Å²) in [5.74, 6) is 3.24. The first-order valence-corrected chi connectivity index (χ1v) is 34.7. The number of rotatable bonds is 18. The summed E-state index contributed by atoms with van der Waals surface area (Å²) < 4.78 is 2.47. The highest BCUT2D eigenvalue weighted by molar-refractivity contribution is 9.11. The zero-order valence-corrected chi connectivity index (χ0v) is 58.3. The number of amidine groups is 2. The Morgan fingerprint density at radius 3 is 0.990 bits per heavy atom. The van der Waals surface area contributed by atoms with E-state index in [1.165, 1.54) is 19.3 Å². The maximum atomic E-state index is 13.0.